The Bertz CT molecular complexity index is 1070. The molecule has 0 radical (unpaired) electrons. The summed E-state index contributed by atoms with van der Waals surface area (Å²) in [4.78, 5) is 16.1. The summed E-state index contributed by atoms with van der Waals surface area (Å²) in [5.74, 6) is -0.708. The van der Waals surface area contributed by atoms with E-state index in [0.29, 0.717) is 21.7 Å². The second kappa shape index (κ2) is 7.82. The lowest BCUT2D eigenvalue weighted by Gasteiger charge is -2.40. The van der Waals surface area contributed by atoms with Gasteiger partial charge in [-0.05, 0) is 43.3 Å². The first kappa shape index (κ1) is 19.9. The van der Waals surface area contributed by atoms with Crippen molar-refractivity contribution in [1.29, 1.82) is 0 Å². The first-order valence-corrected chi connectivity index (χ1v) is 9.94. The van der Waals surface area contributed by atoms with Crippen LogP contribution >= 0.6 is 11.6 Å². The van der Waals surface area contributed by atoms with Crippen LogP contribution in [0.2, 0.25) is 5.02 Å². The first-order valence-electron chi connectivity index (χ1n) is 9.57. The predicted octanol–water partition coefficient (Wildman–Crippen LogP) is 3.17. The molecule has 1 aromatic heterocycles. The molecule has 8 heteroatoms. The molecule has 2 heterocycles. The molecule has 1 saturated heterocycles. The minimum Gasteiger partial charge on any atom is -0.408 e. The molecule has 0 spiro atoms. The second-order valence-electron chi connectivity index (χ2n) is 7.45. The molecule has 1 aliphatic heterocycles. The zero-order valence-electron chi connectivity index (χ0n) is 16.3. The van der Waals surface area contributed by atoms with Gasteiger partial charge in [-0.15, -0.1) is 0 Å². The Morgan fingerprint density at radius 3 is 2.45 bits per heavy atom. The van der Waals surface area contributed by atoms with Gasteiger partial charge >= 0.3 is 5.76 Å². The highest BCUT2D eigenvalue weighted by molar-refractivity contribution is 6.32. The Morgan fingerprint density at radius 1 is 1.14 bits per heavy atom. The topological polar surface area (TPSA) is 61.9 Å². The number of rotatable bonds is 4. The Hall–Kier alpha value is -2.35. The molecule has 0 bridgehead atoms. The molecule has 1 aliphatic rings. The Morgan fingerprint density at radius 2 is 1.79 bits per heavy atom. The van der Waals surface area contributed by atoms with E-state index in [2.05, 4.69) is 9.80 Å². The van der Waals surface area contributed by atoms with Crippen molar-refractivity contribution in [2.45, 2.75) is 19.1 Å². The summed E-state index contributed by atoms with van der Waals surface area (Å²) in [6, 6.07) is 9.63. The van der Waals surface area contributed by atoms with Crippen molar-refractivity contribution in [1.82, 2.24) is 9.47 Å². The van der Waals surface area contributed by atoms with E-state index < -0.39 is 11.9 Å². The number of aryl methyl sites for hydroxylation is 1. The minimum absolute atomic E-state index is 0.171. The van der Waals surface area contributed by atoms with Crippen molar-refractivity contribution in [2.75, 3.05) is 31.1 Å². The SMILES string of the molecule is C[C@@H]([C@H](O)c1cc2oc(=O)n(C)c2cc1Cl)N1CCN(c2ccc(F)cc2)CC1. The molecule has 0 aliphatic carbocycles. The number of aromatic nitrogens is 1. The summed E-state index contributed by atoms with van der Waals surface area (Å²) in [5.41, 5.74) is 2.54. The average Bonchev–Trinajstić information content (AvgIpc) is 3.00. The highest BCUT2D eigenvalue weighted by Crippen LogP contribution is 2.32. The number of halogens is 2. The van der Waals surface area contributed by atoms with E-state index in [1.54, 1.807) is 31.3 Å². The van der Waals surface area contributed by atoms with Crippen LogP contribution in [0.3, 0.4) is 0 Å². The van der Waals surface area contributed by atoms with E-state index in [1.165, 1.54) is 16.7 Å². The number of aliphatic hydroxyl groups excluding tert-OH is 1. The van der Waals surface area contributed by atoms with E-state index in [4.69, 9.17) is 16.0 Å². The van der Waals surface area contributed by atoms with Gasteiger partial charge in [-0.2, -0.15) is 0 Å². The maximum Gasteiger partial charge on any atom is 0.419 e. The lowest BCUT2D eigenvalue weighted by atomic mass is 10.0. The third-order valence-electron chi connectivity index (χ3n) is 5.77. The van der Waals surface area contributed by atoms with Gasteiger partial charge in [0.1, 0.15) is 5.82 Å². The molecule has 1 fully saturated rings. The standard InChI is InChI=1S/C21H23ClFN3O3/c1-13(25-7-9-26(10-8-25)15-5-3-14(23)4-6-15)20(27)16-11-19-18(12-17(16)22)24(2)21(28)29-19/h3-6,11-13,20,27H,7-10H2,1-2H3/t13-,20-/m0/s1. The van der Waals surface area contributed by atoms with Crippen LogP contribution in [0.25, 0.3) is 11.1 Å². The fourth-order valence-corrected chi connectivity index (χ4v) is 4.16. The smallest absolute Gasteiger partial charge is 0.408 e. The van der Waals surface area contributed by atoms with Crippen LogP contribution in [0.4, 0.5) is 10.1 Å². The maximum absolute atomic E-state index is 13.1. The van der Waals surface area contributed by atoms with Crippen LogP contribution in [0, 0.1) is 5.82 Å². The molecule has 0 saturated carbocycles. The molecule has 4 rings (SSSR count). The van der Waals surface area contributed by atoms with Crippen LogP contribution in [0.15, 0.2) is 45.6 Å². The second-order valence-corrected chi connectivity index (χ2v) is 7.86. The van der Waals surface area contributed by atoms with Gasteiger partial charge in [0.05, 0.1) is 11.6 Å². The number of hydrogen-bond donors (Lipinski definition) is 1. The van der Waals surface area contributed by atoms with Crippen molar-refractivity contribution in [3.05, 3.63) is 63.4 Å². The van der Waals surface area contributed by atoms with E-state index in [-0.39, 0.29) is 11.9 Å². The molecular formula is C21H23ClFN3O3. The zero-order chi connectivity index (χ0) is 20.7. The van der Waals surface area contributed by atoms with Crippen molar-refractivity contribution in [2.24, 2.45) is 7.05 Å². The Labute approximate surface area is 172 Å². The van der Waals surface area contributed by atoms with Gasteiger partial charge < -0.3 is 14.4 Å². The number of aliphatic hydroxyl groups is 1. The normalized spacial score (nSPS) is 17.6. The van der Waals surface area contributed by atoms with Crippen LogP contribution in [0.1, 0.15) is 18.6 Å². The third kappa shape index (κ3) is 3.77. The summed E-state index contributed by atoms with van der Waals surface area (Å²) in [5, 5.41) is 11.4. The minimum atomic E-state index is -0.824. The number of benzene rings is 2. The average molecular weight is 420 g/mol. The van der Waals surface area contributed by atoms with E-state index in [9.17, 15) is 14.3 Å². The molecule has 1 N–H and O–H groups in total. The summed E-state index contributed by atoms with van der Waals surface area (Å²) < 4.78 is 19.8. The van der Waals surface area contributed by atoms with Crippen LogP contribution in [0.5, 0.6) is 0 Å². The lowest BCUT2D eigenvalue weighted by Crippen LogP contribution is -2.51. The van der Waals surface area contributed by atoms with Crippen molar-refractivity contribution in [3.8, 4) is 0 Å². The summed E-state index contributed by atoms with van der Waals surface area (Å²) in [6.45, 7) is 5.04. The number of anilines is 1. The molecule has 3 aromatic rings. The van der Waals surface area contributed by atoms with Crippen LogP contribution in [-0.4, -0.2) is 46.8 Å². The predicted molar refractivity (Wildman–Crippen MR) is 111 cm³/mol. The van der Waals surface area contributed by atoms with Gasteiger partial charge in [-0.1, -0.05) is 11.6 Å². The van der Waals surface area contributed by atoms with E-state index in [0.717, 1.165) is 31.9 Å². The highest BCUT2D eigenvalue weighted by atomic mass is 35.5. The van der Waals surface area contributed by atoms with Gasteiger partial charge in [-0.25, -0.2) is 9.18 Å². The van der Waals surface area contributed by atoms with E-state index >= 15 is 0 Å². The van der Waals surface area contributed by atoms with Gasteiger partial charge in [0.2, 0.25) is 0 Å². The quantitative estimate of drug-likeness (QED) is 0.703. The third-order valence-corrected chi connectivity index (χ3v) is 6.10. The number of oxazole rings is 1. The monoisotopic (exact) mass is 419 g/mol. The molecule has 6 nitrogen and oxygen atoms in total. The molecule has 154 valence electrons. The molecular weight excluding hydrogens is 397 g/mol. The molecule has 2 aromatic carbocycles. The van der Waals surface area contributed by atoms with Gasteiger partial charge in [0.15, 0.2) is 5.58 Å². The first-order chi connectivity index (χ1) is 13.8. The number of piperazine rings is 1. The van der Waals surface area contributed by atoms with Gasteiger partial charge in [0.25, 0.3) is 0 Å². The zero-order valence-corrected chi connectivity index (χ0v) is 17.1. The summed E-state index contributed by atoms with van der Waals surface area (Å²) in [7, 11) is 1.61. The molecule has 29 heavy (non-hydrogen) atoms. The lowest BCUT2D eigenvalue weighted by molar-refractivity contribution is 0.0547. The molecule has 2 atom stereocenters. The highest BCUT2D eigenvalue weighted by Gasteiger charge is 2.28. The number of hydrogen-bond acceptors (Lipinski definition) is 5. The van der Waals surface area contributed by atoms with Crippen molar-refractivity contribution < 1.29 is 13.9 Å². The largest absolute Gasteiger partial charge is 0.419 e. The maximum atomic E-state index is 13.1. The fourth-order valence-electron chi connectivity index (χ4n) is 3.89. The molecule has 0 amide bonds. The summed E-state index contributed by atoms with van der Waals surface area (Å²) >= 11 is 6.40. The Kier molecular flexibility index (Phi) is 5.38. The summed E-state index contributed by atoms with van der Waals surface area (Å²) in [6.07, 6.45) is -0.824. The van der Waals surface area contributed by atoms with Gasteiger partial charge in [-0.3, -0.25) is 9.47 Å². The van der Waals surface area contributed by atoms with Crippen molar-refractivity contribution in [3.63, 3.8) is 0 Å². The molecule has 0 unspecified atom stereocenters. The van der Waals surface area contributed by atoms with E-state index in [1.807, 2.05) is 6.92 Å². The Balaban J connectivity index is 1.48. The number of nitrogens with zero attached hydrogens (tertiary/aromatic N) is 3. The van der Waals surface area contributed by atoms with Crippen LogP contribution < -0.4 is 10.7 Å². The van der Waals surface area contributed by atoms with Crippen LogP contribution in [-0.2, 0) is 7.05 Å². The fraction of sp³-hybridized carbons (Fsp3) is 0.381. The van der Waals surface area contributed by atoms with Crippen molar-refractivity contribution >= 4 is 28.4 Å². The number of fused-ring (bicyclic) bond motifs is 1. The van der Waals surface area contributed by atoms with Gasteiger partial charge in [0, 0.05) is 55.5 Å².